The number of hydrogen-bond acceptors (Lipinski definition) is 6. The highest BCUT2D eigenvalue weighted by molar-refractivity contribution is 7.89. The van der Waals surface area contributed by atoms with E-state index in [4.69, 9.17) is 13.7 Å². The van der Waals surface area contributed by atoms with Crippen LogP contribution < -0.4 is 10.2 Å². The lowest BCUT2D eigenvalue weighted by Gasteiger charge is -2.32. The standard InChI is InChI=1S/C23H28BNO7S/c1-13(2)20(21(26)27)25-33(28,29)15-8-10-17-16-9-7-14(11-18(16)30-19(17)12-15)24-31-22(3,4)23(5,6)32-24/h7-13,20,25H,1-6H3,(H,26,27). The summed E-state index contributed by atoms with van der Waals surface area (Å²) in [6.45, 7) is 11.2. The molecule has 8 nitrogen and oxygen atoms in total. The van der Waals surface area contributed by atoms with E-state index in [0.717, 1.165) is 16.2 Å². The minimum atomic E-state index is -4.06. The molecule has 2 N–H and O–H groups in total. The molecule has 0 bridgehead atoms. The Morgan fingerprint density at radius 3 is 2.06 bits per heavy atom. The van der Waals surface area contributed by atoms with Crippen LogP contribution in [0.1, 0.15) is 41.5 Å². The first kappa shape index (κ1) is 23.8. The molecule has 1 fully saturated rings. The first-order chi connectivity index (χ1) is 15.2. The van der Waals surface area contributed by atoms with Gasteiger partial charge in [0.15, 0.2) is 0 Å². The Balaban J connectivity index is 1.69. The molecule has 1 unspecified atom stereocenters. The fourth-order valence-corrected chi connectivity index (χ4v) is 5.13. The molecule has 1 saturated heterocycles. The Labute approximate surface area is 193 Å². The lowest BCUT2D eigenvalue weighted by atomic mass is 9.79. The Bertz CT molecular complexity index is 1330. The minimum Gasteiger partial charge on any atom is -0.480 e. The van der Waals surface area contributed by atoms with Crippen molar-refractivity contribution < 1.29 is 32.0 Å². The van der Waals surface area contributed by atoms with Gasteiger partial charge in [0.1, 0.15) is 17.2 Å². The van der Waals surface area contributed by atoms with E-state index >= 15 is 0 Å². The van der Waals surface area contributed by atoms with Crippen LogP contribution in [0.25, 0.3) is 21.9 Å². The highest BCUT2D eigenvalue weighted by Gasteiger charge is 2.51. The number of nitrogens with one attached hydrogen (secondary N) is 1. The highest BCUT2D eigenvalue weighted by Crippen LogP contribution is 2.37. The molecule has 1 aliphatic heterocycles. The number of fused-ring (bicyclic) bond motifs is 3. The summed E-state index contributed by atoms with van der Waals surface area (Å²) in [5.74, 6) is -1.64. The first-order valence-corrected chi connectivity index (χ1v) is 12.3. The number of sulfonamides is 1. The summed E-state index contributed by atoms with van der Waals surface area (Å²) in [7, 11) is -4.60. The molecule has 0 saturated carbocycles. The van der Waals surface area contributed by atoms with E-state index in [1.807, 2.05) is 45.9 Å². The zero-order valence-corrected chi connectivity index (χ0v) is 20.3. The molecule has 176 valence electrons. The monoisotopic (exact) mass is 473 g/mol. The molecule has 1 aliphatic rings. The maximum absolute atomic E-state index is 12.8. The third-order valence-electron chi connectivity index (χ3n) is 6.52. The average Bonchev–Trinajstić information content (AvgIpc) is 3.17. The van der Waals surface area contributed by atoms with E-state index < -0.39 is 46.3 Å². The molecule has 0 aliphatic carbocycles. The number of carbonyl (C=O) groups is 1. The van der Waals surface area contributed by atoms with Gasteiger partial charge in [0.2, 0.25) is 10.0 Å². The van der Waals surface area contributed by atoms with Gasteiger partial charge in [-0.05, 0) is 57.3 Å². The normalized spacial score (nSPS) is 18.9. The van der Waals surface area contributed by atoms with Crippen molar-refractivity contribution in [2.24, 2.45) is 5.92 Å². The SMILES string of the molecule is CC(C)C(NS(=O)(=O)c1ccc2c(c1)oc1cc(B3OC(C)(C)C(C)(C)O3)ccc12)C(=O)O. The molecule has 2 aromatic carbocycles. The number of furan rings is 1. The lowest BCUT2D eigenvalue weighted by molar-refractivity contribution is -0.140. The number of rotatable bonds is 6. The van der Waals surface area contributed by atoms with Crippen LogP contribution in [0.15, 0.2) is 45.7 Å². The second kappa shape index (κ2) is 7.83. The van der Waals surface area contributed by atoms with Crippen LogP contribution in [0.2, 0.25) is 0 Å². The van der Waals surface area contributed by atoms with Crippen LogP contribution in [0, 0.1) is 5.92 Å². The van der Waals surface area contributed by atoms with Gasteiger partial charge >= 0.3 is 13.1 Å². The zero-order chi connectivity index (χ0) is 24.3. The molecule has 0 amide bonds. The van der Waals surface area contributed by atoms with E-state index in [1.165, 1.54) is 12.1 Å². The van der Waals surface area contributed by atoms with Gasteiger partial charge < -0.3 is 18.8 Å². The molecule has 3 aromatic rings. The lowest BCUT2D eigenvalue weighted by Crippen LogP contribution is -2.44. The van der Waals surface area contributed by atoms with Gasteiger partial charge in [-0.25, -0.2) is 8.42 Å². The van der Waals surface area contributed by atoms with Crippen molar-refractivity contribution in [3.63, 3.8) is 0 Å². The number of benzene rings is 2. The molecule has 4 rings (SSSR count). The van der Waals surface area contributed by atoms with Gasteiger partial charge in [0.25, 0.3) is 0 Å². The van der Waals surface area contributed by atoms with Crippen molar-refractivity contribution in [1.82, 2.24) is 4.72 Å². The summed E-state index contributed by atoms with van der Waals surface area (Å²) in [5.41, 5.74) is 0.817. The second-order valence-corrected chi connectivity index (χ2v) is 11.5. The fraction of sp³-hybridized carbons (Fsp3) is 0.435. The largest absolute Gasteiger partial charge is 0.494 e. The molecule has 1 aromatic heterocycles. The zero-order valence-electron chi connectivity index (χ0n) is 19.5. The van der Waals surface area contributed by atoms with Crippen molar-refractivity contribution in [2.45, 2.75) is 63.7 Å². The molecule has 10 heteroatoms. The van der Waals surface area contributed by atoms with Crippen LogP contribution >= 0.6 is 0 Å². The van der Waals surface area contributed by atoms with Gasteiger partial charge in [-0.1, -0.05) is 26.0 Å². The molecule has 2 heterocycles. The Morgan fingerprint density at radius 2 is 1.52 bits per heavy atom. The predicted octanol–water partition coefficient (Wildman–Crippen LogP) is 3.27. The highest BCUT2D eigenvalue weighted by atomic mass is 32.2. The molecule has 0 spiro atoms. The Kier molecular flexibility index (Phi) is 5.64. The fourth-order valence-electron chi connectivity index (χ4n) is 3.77. The summed E-state index contributed by atoms with van der Waals surface area (Å²) < 4.78 is 46.1. The van der Waals surface area contributed by atoms with Gasteiger partial charge in [-0.3, -0.25) is 4.79 Å². The number of carboxylic acids is 1. The second-order valence-electron chi connectivity index (χ2n) is 9.79. The number of hydrogen-bond donors (Lipinski definition) is 2. The van der Waals surface area contributed by atoms with Crippen molar-refractivity contribution in [2.75, 3.05) is 0 Å². The molecule has 33 heavy (non-hydrogen) atoms. The van der Waals surface area contributed by atoms with E-state index in [-0.39, 0.29) is 4.90 Å². The first-order valence-electron chi connectivity index (χ1n) is 10.8. The maximum Gasteiger partial charge on any atom is 0.494 e. The summed E-state index contributed by atoms with van der Waals surface area (Å²) >= 11 is 0. The minimum absolute atomic E-state index is 0.0628. The molecule has 0 radical (unpaired) electrons. The van der Waals surface area contributed by atoms with Crippen molar-refractivity contribution in [3.05, 3.63) is 36.4 Å². The molecular weight excluding hydrogens is 445 g/mol. The Morgan fingerprint density at radius 1 is 0.970 bits per heavy atom. The van der Waals surface area contributed by atoms with Crippen molar-refractivity contribution in [3.8, 4) is 0 Å². The quantitative estimate of drug-likeness (QED) is 0.528. The van der Waals surface area contributed by atoms with Crippen molar-refractivity contribution in [1.29, 1.82) is 0 Å². The van der Waals surface area contributed by atoms with E-state index in [2.05, 4.69) is 4.72 Å². The summed E-state index contributed by atoms with van der Waals surface area (Å²) in [6.07, 6.45) is 0. The summed E-state index contributed by atoms with van der Waals surface area (Å²) in [5, 5.41) is 10.9. The number of aliphatic carboxylic acids is 1. The molecular formula is C23H28BNO7S. The summed E-state index contributed by atoms with van der Waals surface area (Å²) in [4.78, 5) is 11.4. The van der Waals surface area contributed by atoms with Crippen LogP contribution in [0.4, 0.5) is 0 Å². The van der Waals surface area contributed by atoms with Gasteiger partial charge in [0.05, 0.1) is 16.1 Å². The maximum atomic E-state index is 12.8. The topological polar surface area (TPSA) is 115 Å². The third-order valence-corrected chi connectivity index (χ3v) is 7.96. The van der Waals surface area contributed by atoms with Crippen LogP contribution in [0.5, 0.6) is 0 Å². The Hall–Kier alpha value is -2.40. The molecule has 1 atom stereocenters. The van der Waals surface area contributed by atoms with E-state index in [0.29, 0.717) is 11.2 Å². The van der Waals surface area contributed by atoms with E-state index in [1.54, 1.807) is 19.9 Å². The van der Waals surface area contributed by atoms with Crippen LogP contribution in [0.3, 0.4) is 0 Å². The van der Waals surface area contributed by atoms with Gasteiger partial charge in [-0.15, -0.1) is 0 Å². The third kappa shape index (κ3) is 4.16. The summed E-state index contributed by atoms with van der Waals surface area (Å²) in [6, 6.07) is 8.92. The smallest absolute Gasteiger partial charge is 0.480 e. The van der Waals surface area contributed by atoms with Crippen LogP contribution in [-0.4, -0.2) is 43.9 Å². The van der Waals surface area contributed by atoms with Gasteiger partial charge in [0, 0.05) is 16.8 Å². The van der Waals surface area contributed by atoms with Gasteiger partial charge in [-0.2, -0.15) is 4.72 Å². The average molecular weight is 473 g/mol. The predicted molar refractivity (Wildman–Crippen MR) is 126 cm³/mol. The van der Waals surface area contributed by atoms with Crippen LogP contribution in [-0.2, 0) is 24.1 Å². The van der Waals surface area contributed by atoms with Crippen molar-refractivity contribution >= 4 is 50.5 Å². The van der Waals surface area contributed by atoms with E-state index in [9.17, 15) is 18.3 Å². The number of carboxylic acid groups (broad SMARTS) is 1.